The average molecular weight is 231 g/mol. The lowest BCUT2D eigenvalue weighted by molar-refractivity contribution is 0.718. The highest BCUT2D eigenvalue weighted by atomic mass is 32.1. The van der Waals surface area contributed by atoms with E-state index in [-0.39, 0.29) is 0 Å². The predicted octanol–water partition coefficient (Wildman–Crippen LogP) is 2.41. The molecule has 0 aliphatic carbocycles. The zero-order chi connectivity index (χ0) is 11.0. The van der Waals surface area contributed by atoms with E-state index in [0.29, 0.717) is 0 Å². The first-order valence-electron chi connectivity index (χ1n) is 5.44. The molecular formula is C12H13N3S. The number of nitrogens with zero attached hydrogens (tertiary/aromatic N) is 3. The summed E-state index contributed by atoms with van der Waals surface area (Å²) >= 11 is 1.81. The molecule has 16 heavy (non-hydrogen) atoms. The number of thiazole rings is 1. The number of aromatic nitrogens is 2. The third kappa shape index (κ3) is 1.69. The molecule has 2 aromatic heterocycles. The van der Waals surface area contributed by atoms with Gasteiger partial charge in [0.1, 0.15) is 5.82 Å². The van der Waals surface area contributed by atoms with Gasteiger partial charge in [-0.25, -0.2) is 9.97 Å². The molecule has 4 heteroatoms. The zero-order valence-electron chi connectivity index (χ0n) is 9.18. The Kier molecular flexibility index (Phi) is 2.36. The van der Waals surface area contributed by atoms with E-state index < -0.39 is 0 Å². The molecule has 1 aliphatic rings. The second kappa shape index (κ2) is 3.87. The van der Waals surface area contributed by atoms with Gasteiger partial charge in [-0.1, -0.05) is 6.07 Å². The SMILES string of the molecule is Cc1nc2c(s1)CN(c1ccccn1)CC2. The summed E-state index contributed by atoms with van der Waals surface area (Å²) in [6.07, 6.45) is 2.89. The maximum Gasteiger partial charge on any atom is 0.128 e. The van der Waals surface area contributed by atoms with Crippen LogP contribution in [0.15, 0.2) is 24.4 Å². The van der Waals surface area contributed by atoms with Crippen LogP contribution in [0.3, 0.4) is 0 Å². The van der Waals surface area contributed by atoms with E-state index in [1.54, 1.807) is 0 Å². The molecule has 3 nitrogen and oxygen atoms in total. The summed E-state index contributed by atoms with van der Waals surface area (Å²) in [6.45, 7) is 4.05. The van der Waals surface area contributed by atoms with E-state index in [4.69, 9.17) is 0 Å². The van der Waals surface area contributed by atoms with Crippen molar-refractivity contribution in [2.24, 2.45) is 0 Å². The highest BCUT2D eigenvalue weighted by Gasteiger charge is 2.20. The van der Waals surface area contributed by atoms with Crippen molar-refractivity contribution in [1.82, 2.24) is 9.97 Å². The second-order valence-corrected chi connectivity index (χ2v) is 5.25. The van der Waals surface area contributed by atoms with E-state index in [1.165, 1.54) is 15.6 Å². The van der Waals surface area contributed by atoms with Crippen LogP contribution in [0.4, 0.5) is 5.82 Å². The van der Waals surface area contributed by atoms with Crippen LogP contribution in [0.5, 0.6) is 0 Å². The van der Waals surface area contributed by atoms with Gasteiger partial charge in [0, 0.05) is 24.0 Å². The van der Waals surface area contributed by atoms with E-state index in [9.17, 15) is 0 Å². The maximum absolute atomic E-state index is 4.55. The molecule has 1 aliphatic heterocycles. The van der Waals surface area contributed by atoms with Gasteiger partial charge >= 0.3 is 0 Å². The highest BCUT2D eigenvalue weighted by molar-refractivity contribution is 7.11. The molecule has 82 valence electrons. The van der Waals surface area contributed by atoms with E-state index in [2.05, 4.69) is 27.9 Å². The van der Waals surface area contributed by atoms with E-state index in [0.717, 1.165) is 25.3 Å². The molecule has 3 rings (SSSR count). The lowest BCUT2D eigenvalue weighted by Gasteiger charge is -2.26. The molecule has 0 fully saturated rings. The lowest BCUT2D eigenvalue weighted by Crippen LogP contribution is -2.30. The fourth-order valence-electron chi connectivity index (χ4n) is 2.06. The van der Waals surface area contributed by atoms with Gasteiger partial charge in [0.2, 0.25) is 0 Å². The van der Waals surface area contributed by atoms with Crippen LogP contribution in [0, 0.1) is 6.92 Å². The standard InChI is InChI=1S/C12H13N3S/c1-9-14-10-5-7-15(8-11(10)16-9)12-4-2-3-6-13-12/h2-4,6H,5,7-8H2,1H3. The summed E-state index contributed by atoms with van der Waals surface area (Å²) in [5.41, 5.74) is 1.29. The average Bonchev–Trinajstić information content (AvgIpc) is 2.69. The van der Waals surface area contributed by atoms with Crippen molar-refractivity contribution in [3.05, 3.63) is 40.0 Å². The molecule has 2 aromatic rings. The third-order valence-corrected chi connectivity index (χ3v) is 3.81. The van der Waals surface area contributed by atoms with Crippen molar-refractivity contribution in [2.45, 2.75) is 19.9 Å². The van der Waals surface area contributed by atoms with Crippen LogP contribution in [0.2, 0.25) is 0 Å². The molecule has 0 unspecified atom stereocenters. The predicted molar refractivity (Wildman–Crippen MR) is 65.8 cm³/mol. The fraction of sp³-hybridized carbons (Fsp3) is 0.333. The van der Waals surface area contributed by atoms with Gasteiger partial charge in [-0.2, -0.15) is 0 Å². The van der Waals surface area contributed by atoms with E-state index >= 15 is 0 Å². The minimum Gasteiger partial charge on any atom is -0.351 e. The van der Waals surface area contributed by atoms with Crippen molar-refractivity contribution < 1.29 is 0 Å². The van der Waals surface area contributed by atoms with Crippen LogP contribution in [0.1, 0.15) is 15.6 Å². The summed E-state index contributed by atoms with van der Waals surface area (Å²) < 4.78 is 0. The molecule has 0 saturated heterocycles. The van der Waals surface area contributed by atoms with Gasteiger partial charge in [0.25, 0.3) is 0 Å². The van der Waals surface area contributed by atoms with Crippen molar-refractivity contribution in [1.29, 1.82) is 0 Å². The molecular weight excluding hydrogens is 218 g/mol. The quantitative estimate of drug-likeness (QED) is 0.754. The Balaban J connectivity index is 1.88. The topological polar surface area (TPSA) is 29.0 Å². The molecule has 3 heterocycles. The van der Waals surface area contributed by atoms with Crippen molar-refractivity contribution in [3.63, 3.8) is 0 Å². The minimum atomic E-state index is 0.956. The van der Waals surface area contributed by atoms with Crippen molar-refractivity contribution >= 4 is 17.2 Å². The summed E-state index contributed by atoms with van der Waals surface area (Å²) in [4.78, 5) is 12.7. The molecule has 0 spiro atoms. The third-order valence-electron chi connectivity index (χ3n) is 2.81. The van der Waals surface area contributed by atoms with Gasteiger partial charge in [-0.05, 0) is 19.1 Å². The molecule has 0 aromatic carbocycles. The number of rotatable bonds is 1. The smallest absolute Gasteiger partial charge is 0.128 e. The number of anilines is 1. The highest BCUT2D eigenvalue weighted by Crippen LogP contribution is 2.26. The number of aryl methyl sites for hydroxylation is 1. The molecule has 0 bridgehead atoms. The zero-order valence-corrected chi connectivity index (χ0v) is 10.00. The largest absolute Gasteiger partial charge is 0.351 e. The van der Waals surface area contributed by atoms with Gasteiger partial charge in [-0.3, -0.25) is 0 Å². The first-order chi connectivity index (χ1) is 7.83. The second-order valence-electron chi connectivity index (χ2n) is 3.96. The first kappa shape index (κ1) is 9.78. The van der Waals surface area contributed by atoms with Crippen LogP contribution < -0.4 is 4.90 Å². The summed E-state index contributed by atoms with van der Waals surface area (Å²) in [7, 11) is 0. The maximum atomic E-state index is 4.55. The van der Waals surface area contributed by atoms with Crippen molar-refractivity contribution in [2.75, 3.05) is 11.4 Å². The fourth-order valence-corrected chi connectivity index (χ4v) is 3.06. The van der Waals surface area contributed by atoms with Crippen molar-refractivity contribution in [3.8, 4) is 0 Å². The Bertz CT molecular complexity index is 492. The number of fused-ring (bicyclic) bond motifs is 1. The normalized spacial score (nSPS) is 14.9. The molecule has 0 saturated carbocycles. The Hall–Kier alpha value is -1.42. The molecule has 0 N–H and O–H groups in total. The molecule has 0 radical (unpaired) electrons. The lowest BCUT2D eigenvalue weighted by atomic mass is 10.2. The minimum absolute atomic E-state index is 0.956. The summed E-state index contributed by atoms with van der Waals surface area (Å²) in [5, 5.41) is 1.17. The van der Waals surface area contributed by atoms with Gasteiger partial charge in [0.15, 0.2) is 0 Å². The molecule has 0 amide bonds. The van der Waals surface area contributed by atoms with Gasteiger partial charge in [-0.15, -0.1) is 11.3 Å². The Morgan fingerprint density at radius 3 is 3.12 bits per heavy atom. The van der Waals surface area contributed by atoms with E-state index in [1.807, 2.05) is 29.7 Å². The van der Waals surface area contributed by atoms with Gasteiger partial charge in [0.05, 0.1) is 17.2 Å². The number of pyridine rings is 1. The Morgan fingerprint density at radius 1 is 1.38 bits per heavy atom. The first-order valence-corrected chi connectivity index (χ1v) is 6.26. The summed E-state index contributed by atoms with van der Waals surface area (Å²) in [6, 6.07) is 6.06. The number of hydrogen-bond acceptors (Lipinski definition) is 4. The van der Waals surface area contributed by atoms with Crippen LogP contribution >= 0.6 is 11.3 Å². The van der Waals surface area contributed by atoms with Crippen LogP contribution in [-0.4, -0.2) is 16.5 Å². The van der Waals surface area contributed by atoms with Crippen LogP contribution in [-0.2, 0) is 13.0 Å². The number of hydrogen-bond donors (Lipinski definition) is 0. The molecule has 0 atom stereocenters. The van der Waals surface area contributed by atoms with Crippen LogP contribution in [0.25, 0.3) is 0 Å². The Morgan fingerprint density at radius 2 is 2.31 bits per heavy atom. The summed E-state index contributed by atoms with van der Waals surface area (Å²) in [5.74, 6) is 1.07. The van der Waals surface area contributed by atoms with Gasteiger partial charge < -0.3 is 4.90 Å². The Labute approximate surface area is 98.8 Å². The monoisotopic (exact) mass is 231 g/mol.